The Bertz CT molecular complexity index is 596. The van der Waals surface area contributed by atoms with E-state index in [2.05, 4.69) is 17.2 Å². The summed E-state index contributed by atoms with van der Waals surface area (Å²) < 4.78 is 5.26. The van der Waals surface area contributed by atoms with Crippen LogP contribution in [0.1, 0.15) is 19.4 Å². The van der Waals surface area contributed by atoms with Crippen LogP contribution < -0.4 is 5.32 Å². The molecule has 1 heterocycles. The van der Waals surface area contributed by atoms with Crippen molar-refractivity contribution in [2.75, 3.05) is 26.3 Å². The second-order valence-corrected chi connectivity index (χ2v) is 5.75. The highest BCUT2D eigenvalue weighted by Crippen LogP contribution is 2.08. The average molecular weight is 314 g/mol. The third-order valence-corrected chi connectivity index (χ3v) is 3.64. The van der Waals surface area contributed by atoms with Crippen molar-refractivity contribution < 1.29 is 14.3 Å². The fraction of sp³-hybridized carbons (Fsp3) is 0.444. The molecule has 0 aromatic heterocycles. The van der Waals surface area contributed by atoms with Gasteiger partial charge >= 0.3 is 0 Å². The molecule has 0 bridgehead atoms. The van der Waals surface area contributed by atoms with Crippen LogP contribution in [0.25, 0.3) is 0 Å². The van der Waals surface area contributed by atoms with Crippen molar-refractivity contribution in [3.8, 4) is 11.8 Å². The molecule has 5 nitrogen and oxygen atoms in total. The number of hydrogen-bond acceptors (Lipinski definition) is 3. The van der Waals surface area contributed by atoms with E-state index in [0.29, 0.717) is 26.3 Å². The van der Waals surface area contributed by atoms with Gasteiger partial charge < -0.3 is 15.0 Å². The van der Waals surface area contributed by atoms with Gasteiger partial charge in [0.15, 0.2) is 0 Å². The molecule has 122 valence electrons. The van der Waals surface area contributed by atoms with Crippen LogP contribution in [-0.4, -0.2) is 49.1 Å². The lowest BCUT2D eigenvalue weighted by molar-refractivity contribution is -0.140. The summed E-state index contributed by atoms with van der Waals surface area (Å²) >= 11 is 0. The number of hydrogen-bond donors (Lipinski definition) is 1. The van der Waals surface area contributed by atoms with Gasteiger partial charge in [-0.15, -0.1) is 0 Å². The molecule has 1 aromatic carbocycles. The summed E-state index contributed by atoms with van der Waals surface area (Å²) in [6, 6.07) is 8.71. The van der Waals surface area contributed by atoms with Crippen LogP contribution in [0.4, 0.5) is 0 Å². The lowest BCUT2D eigenvalue weighted by Crippen LogP contribution is -2.53. The molecule has 1 aromatic rings. The molecule has 1 aliphatic heterocycles. The predicted octanol–water partition coefficient (Wildman–Crippen LogP) is 1.04. The molecule has 0 aliphatic carbocycles. The molecule has 0 radical (unpaired) electrons. The molecule has 1 fully saturated rings. The summed E-state index contributed by atoms with van der Waals surface area (Å²) in [5, 5.41) is 2.74. The lowest BCUT2D eigenvalue weighted by atomic mass is 10.0. The molecule has 1 saturated heterocycles. The Morgan fingerprint density at radius 2 is 1.83 bits per heavy atom. The van der Waals surface area contributed by atoms with Crippen molar-refractivity contribution >= 4 is 11.8 Å². The SMILES string of the molecule is CC(C)[C@@H](NC(=O)C#Cc1ccccc1)C(=O)N1CCOCC1. The number of amides is 2. The van der Waals surface area contributed by atoms with Gasteiger partial charge in [0.2, 0.25) is 5.91 Å². The third-order valence-electron chi connectivity index (χ3n) is 3.64. The number of morpholine rings is 1. The van der Waals surface area contributed by atoms with Crippen molar-refractivity contribution in [1.82, 2.24) is 10.2 Å². The van der Waals surface area contributed by atoms with Crippen LogP contribution in [0.5, 0.6) is 0 Å². The third kappa shape index (κ3) is 5.11. The molecule has 2 amide bonds. The summed E-state index contributed by atoms with van der Waals surface area (Å²) in [4.78, 5) is 26.3. The minimum absolute atomic E-state index is 0.00665. The minimum atomic E-state index is -0.564. The molecule has 0 saturated carbocycles. The van der Waals surface area contributed by atoms with Crippen molar-refractivity contribution in [3.05, 3.63) is 35.9 Å². The van der Waals surface area contributed by atoms with E-state index < -0.39 is 11.9 Å². The Balaban J connectivity index is 2.00. The molecule has 0 spiro atoms. The van der Waals surface area contributed by atoms with Gasteiger partial charge in [-0.3, -0.25) is 9.59 Å². The van der Waals surface area contributed by atoms with E-state index in [4.69, 9.17) is 4.74 Å². The quantitative estimate of drug-likeness (QED) is 0.848. The maximum absolute atomic E-state index is 12.6. The van der Waals surface area contributed by atoms with Gasteiger partial charge in [-0.05, 0) is 18.1 Å². The zero-order valence-electron chi connectivity index (χ0n) is 13.5. The van der Waals surface area contributed by atoms with Gasteiger partial charge in [0.25, 0.3) is 5.91 Å². The number of rotatable bonds is 3. The lowest BCUT2D eigenvalue weighted by Gasteiger charge is -2.31. The van der Waals surface area contributed by atoms with Gasteiger partial charge in [0.05, 0.1) is 13.2 Å². The van der Waals surface area contributed by atoms with Crippen LogP contribution >= 0.6 is 0 Å². The molecule has 1 atom stereocenters. The van der Waals surface area contributed by atoms with Gasteiger partial charge in [-0.1, -0.05) is 38.0 Å². The van der Waals surface area contributed by atoms with Gasteiger partial charge in [0.1, 0.15) is 6.04 Å². The number of nitrogens with one attached hydrogen (secondary N) is 1. The van der Waals surface area contributed by atoms with E-state index in [-0.39, 0.29) is 11.8 Å². The highest BCUT2D eigenvalue weighted by atomic mass is 16.5. The first-order valence-corrected chi connectivity index (χ1v) is 7.82. The van der Waals surface area contributed by atoms with Gasteiger partial charge in [-0.2, -0.15) is 0 Å². The van der Waals surface area contributed by atoms with E-state index in [9.17, 15) is 9.59 Å². The normalized spacial score (nSPS) is 15.5. The van der Waals surface area contributed by atoms with E-state index in [1.54, 1.807) is 4.90 Å². The van der Waals surface area contributed by atoms with Crippen molar-refractivity contribution in [1.29, 1.82) is 0 Å². The maximum Gasteiger partial charge on any atom is 0.296 e. The zero-order valence-corrected chi connectivity index (χ0v) is 13.5. The molecule has 0 unspecified atom stereocenters. The molecule has 2 rings (SSSR count). The summed E-state index contributed by atoms with van der Waals surface area (Å²) in [5.41, 5.74) is 0.767. The summed E-state index contributed by atoms with van der Waals surface area (Å²) in [5.74, 6) is 4.83. The number of ether oxygens (including phenoxy) is 1. The summed E-state index contributed by atoms with van der Waals surface area (Å²) in [6.07, 6.45) is 0. The van der Waals surface area contributed by atoms with E-state index in [0.717, 1.165) is 5.56 Å². The van der Waals surface area contributed by atoms with Crippen molar-refractivity contribution in [3.63, 3.8) is 0 Å². The first kappa shape index (κ1) is 17.0. The smallest absolute Gasteiger partial charge is 0.296 e. The molecule has 1 aliphatic rings. The van der Waals surface area contributed by atoms with Crippen LogP contribution in [0.15, 0.2) is 30.3 Å². The zero-order chi connectivity index (χ0) is 16.7. The van der Waals surface area contributed by atoms with Crippen LogP contribution in [0.3, 0.4) is 0 Å². The molecular formula is C18H22N2O3. The Hall–Kier alpha value is -2.32. The van der Waals surface area contributed by atoms with Crippen LogP contribution in [0, 0.1) is 17.8 Å². The minimum Gasteiger partial charge on any atom is -0.378 e. The summed E-state index contributed by atoms with van der Waals surface area (Å²) in [7, 11) is 0. The Morgan fingerprint density at radius 3 is 2.43 bits per heavy atom. The van der Waals surface area contributed by atoms with Crippen LogP contribution in [-0.2, 0) is 14.3 Å². The molecule has 1 N–H and O–H groups in total. The number of carbonyl (C=O) groups excluding carboxylic acids is 2. The predicted molar refractivity (Wildman–Crippen MR) is 87.5 cm³/mol. The molecular weight excluding hydrogens is 292 g/mol. The first-order chi connectivity index (χ1) is 11.1. The largest absolute Gasteiger partial charge is 0.378 e. The number of carbonyl (C=O) groups is 2. The second-order valence-electron chi connectivity index (χ2n) is 5.75. The molecule has 5 heteroatoms. The van der Waals surface area contributed by atoms with Crippen molar-refractivity contribution in [2.45, 2.75) is 19.9 Å². The highest BCUT2D eigenvalue weighted by molar-refractivity contribution is 5.97. The van der Waals surface area contributed by atoms with E-state index in [1.165, 1.54) is 0 Å². The van der Waals surface area contributed by atoms with E-state index in [1.807, 2.05) is 44.2 Å². The number of nitrogens with zero attached hydrogens (tertiary/aromatic N) is 1. The average Bonchev–Trinajstić information content (AvgIpc) is 2.58. The van der Waals surface area contributed by atoms with E-state index >= 15 is 0 Å². The Labute approximate surface area is 137 Å². The molecule has 23 heavy (non-hydrogen) atoms. The standard InChI is InChI=1S/C18H22N2O3/c1-14(2)17(18(22)20-10-12-23-13-11-20)19-16(21)9-8-15-6-4-3-5-7-15/h3-7,14,17H,10-13H2,1-2H3,(H,19,21)/t17-/m1/s1. The summed E-state index contributed by atoms with van der Waals surface area (Å²) in [6.45, 7) is 6.03. The van der Waals surface area contributed by atoms with Crippen molar-refractivity contribution in [2.24, 2.45) is 5.92 Å². The van der Waals surface area contributed by atoms with Gasteiger partial charge in [0, 0.05) is 24.6 Å². The topological polar surface area (TPSA) is 58.6 Å². The fourth-order valence-corrected chi connectivity index (χ4v) is 2.32. The monoisotopic (exact) mass is 314 g/mol. The van der Waals surface area contributed by atoms with Crippen LogP contribution in [0.2, 0.25) is 0 Å². The first-order valence-electron chi connectivity index (χ1n) is 7.82. The highest BCUT2D eigenvalue weighted by Gasteiger charge is 2.29. The number of benzene rings is 1. The second kappa shape index (κ2) is 8.35. The fourth-order valence-electron chi connectivity index (χ4n) is 2.32. The Kier molecular flexibility index (Phi) is 6.19. The van der Waals surface area contributed by atoms with Gasteiger partial charge in [-0.25, -0.2) is 0 Å². The Morgan fingerprint density at radius 1 is 1.17 bits per heavy atom. The maximum atomic E-state index is 12.6.